The molecule has 132 valence electrons. The Morgan fingerprint density at radius 3 is 2.58 bits per heavy atom. The molecule has 7 nitrogen and oxygen atoms in total. The maximum Gasteiger partial charge on any atom is 0.425 e. The minimum atomic E-state index is -5.04. The minimum Gasteiger partial charge on any atom is -0.374 e. The van der Waals surface area contributed by atoms with Gasteiger partial charge in [-0.3, -0.25) is 4.79 Å². The van der Waals surface area contributed by atoms with Gasteiger partial charge >= 0.3 is 6.18 Å². The third kappa shape index (κ3) is 3.75. The highest BCUT2D eigenvalue weighted by atomic mass is 19.4. The van der Waals surface area contributed by atoms with Gasteiger partial charge in [0.05, 0.1) is 12.7 Å². The molecule has 2 aromatic rings. The summed E-state index contributed by atoms with van der Waals surface area (Å²) in [6.45, 7) is 1.99. The topological polar surface area (TPSA) is 85.0 Å². The molecule has 0 aliphatic rings. The molecule has 0 aliphatic heterocycles. The van der Waals surface area contributed by atoms with E-state index in [1.807, 2.05) is 0 Å². The lowest BCUT2D eigenvalue weighted by atomic mass is 9.97. The molecule has 2 rings (SSSR count). The Kier molecular flexibility index (Phi) is 4.97. The zero-order valence-corrected chi connectivity index (χ0v) is 13.2. The van der Waals surface area contributed by atoms with Gasteiger partial charge in [-0.1, -0.05) is 0 Å². The van der Waals surface area contributed by atoms with Gasteiger partial charge in [0.25, 0.3) is 0 Å². The van der Waals surface area contributed by atoms with Crippen LogP contribution in [0.1, 0.15) is 19.2 Å². The monoisotopic (exact) mass is 345 g/mol. The fourth-order valence-corrected chi connectivity index (χ4v) is 2.39. The molecule has 2 atom stereocenters. The van der Waals surface area contributed by atoms with Gasteiger partial charge in [-0.25, -0.2) is 9.97 Å². The number of aryl methyl sites for hydroxylation is 1. The van der Waals surface area contributed by atoms with Crippen molar-refractivity contribution < 1.29 is 23.1 Å². The second-order valence-electron chi connectivity index (χ2n) is 5.62. The Morgan fingerprint density at radius 1 is 1.38 bits per heavy atom. The molecule has 0 saturated carbocycles. The third-order valence-corrected chi connectivity index (χ3v) is 3.53. The first-order valence-electron chi connectivity index (χ1n) is 7.15. The van der Waals surface area contributed by atoms with Gasteiger partial charge in [0.2, 0.25) is 11.5 Å². The Labute approximate surface area is 136 Å². The summed E-state index contributed by atoms with van der Waals surface area (Å²) in [5, 5.41) is 12.6. The predicted molar refractivity (Wildman–Crippen MR) is 77.6 cm³/mol. The number of hydrogen-bond acceptors (Lipinski definition) is 4. The van der Waals surface area contributed by atoms with Gasteiger partial charge in [0.15, 0.2) is 5.82 Å². The lowest BCUT2D eigenvalue weighted by Crippen LogP contribution is -2.49. The highest BCUT2D eigenvalue weighted by Crippen LogP contribution is 2.40. The maximum absolute atomic E-state index is 13.4. The molecule has 10 heteroatoms. The lowest BCUT2D eigenvalue weighted by molar-refractivity contribution is -0.271. The Balaban J connectivity index is 2.10. The Morgan fingerprint density at radius 2 is 2.08 bits per heavy atom. The van der Waals surface area contributed by atoms with Crippen LogP contribution in [-0.4, -0.2) is 42.3 Å². The van der Waals surface area contributed by atoms with Crippen LogP contribution >= 0.6 is 0 Å². The van der Waals surface area contributed by atoms with Crippen molar-refractivity contribution in [2.75, 3.05) is 0 Å². The second kappa shape index (κ2) is 6.63. The normalized spacial score (nSPS) is 15.8. The number of halogens is 3. The smallest absolute Gasteiger partial charge is 0.374 e. The molecule has 0 fully saturated rings. The van der Waals surface area contributed by atoms with E-state index in [9.17, 15) is 23.1 Å². The van der Waals surface area contributed by atoms with Crippen LogP contribution in [0.4, 0.5) is 13.2 Å². The first-order valence-corrected chi connectivity index (χ1v) is 7.15. The van der Waals surface area contributed by atoms with Crippen LogP contribution < -0.4 is 5.32 Å². The number of aliphatic hydroxyl groups is 1. The molecule has 0 spiro atoms. The number of carbonyl (C=O) groups excluding carboxylic acids is 1. The molecule has 2 aromatic heterocycles. The highest BCUT2D eigenvalue weighted by Gasteiger charge is 2.58. The molecule has 0 aromatic carbocycles. The molecular weight excluding hydrogens is 327 g/mol. The quantitative estimate of drug-likeness (QED) is 0.817. The number of amides is 1. The van der Waals surface area contributed by atoms with E-state index in [1.165, 1.54) is 19.6 Å². The molecule has 24 heavy (non-hydrogen) atoms. The van der Waals surface area contributed by atoms with Crippen molar-refractivity contribution >= 4 is 5.91 Å². The van der Waals surface area contributed by atoms with Gasteiger partial charge in [0, 0.05) is 44.4 Å². The van der Waals surface area contributed by atoms with E-state index in [4.69, 9.17) is 0 Å². The first kappa shape index (κ1) is 18.0. The van der Waals surface area contributed by atoms with Gasteiger partial charge in [0.1, 0.15) is 0 Å². The van der Waals surface area contributed by atoms with Crippen LogP contribution in [-0.2, 0) is 24.0 Å². The number of rotatable bonds is 6. The van der Waals surface area contributed by atoms with E-state index in [2.05, 4.69) is 15.3 Å². The molecule has 0 radical (unpaired) electrons. The van der Waals surface area contributed by atoms with Crippen molar-refractivity contribution in [3.05, 3.63) is 36.9 Å². The Hall–Kier alpha value is -2.36. The molecule has 1 amide bonds. The van der Waals surface area contributed by atoms with E-state index in [1.54, 1.807) is 23.9 Å². The minimum absolute atomic E-state index is 0.346. The molecule has 2 heterocycles. The largest absolute Gasteiger partial charge is 0.425 e. The standard InChI is InChI=1S/C14H18F3N5O2/c1-10(8-22-6-3-18-9-22)20-11(23)7-13(24,14(15,16)17)12-19-4-5-21(12)2/h3-6,9-10,24H,7-8H2,1-2H3,(H,20,23)/t10-,13+/m0/s1. The van der Waals surface area contributed by atoms with Crippen molar-refractivity contribution in [2.45, 2.75) is 37.7 Å². The fraction of sp³-hybridized carbons (Fsp3) is 0.500. The number of carbonyl (C=O) groups is 1. The molecular formula is C14H18F3N5O2. The molecule has 0 unspecified atom stereocenters. The van der Waals surface area contributed by atoms with Crippen LogP contribution in [0.2, 0.25) is 0 Å². The predicted octanol–water partition coefficient (Wildman–Crippen LogP) is 0.961. The van der Waals surface area contributed by atoms with Crippen LogP contribution in [0.15, 0.2) is 31.1 Å². The summed E-state index contributed by atoms with van der Waals surface area (Å²) in [4.78, 5) is 19.4. The van der Waals surface area contributed by atoms with Crippen molar-refractivity contribution in [2.24, 2.45) is 7.05 Å². The van der Waals surface area contributed by atoms with E-state index in [0.717, 1.165) is 10.8 Å². The number of nitrogens with one attached hydrogen (secondary N) is 1. The molecule has 0 aliphatic carbocycles. The fourth-order valence-electron chi connectivity index (χ4n) is 2.39. The summed E-state index contributed by atoms with van der Waals surface area (Å²) in [5.41, 5.74) is -3.36. The second-order valence-corrected chi connectivity index (χ2v) is 5.62. The van der Waals surface area contributed by atoms with Gasteiger partial charge < -0.3 is 19.6 Å². The van der Waals surface area contributed by atoms with Crippen LogP contribution in [0.25, 0.3) is 0 Å². The van der Waals surface area contributed by atoms with E-state index >= 15 is 0 Å². The zero-order chi connectivity index (χ0) is 18.0. The van der Waals surface area contributed by atoms with Crippen LogP contribution in [0, 0.1) is 0 Å². The first-order chi connectivity index (χ1) is 11.1. The number of alkyl halides is 3. The SMILES string of the molecule is C[C@@H](Cn1ccnc1)NC(=O)C[C@@](O)(c1nccn1C)C(F)(F)F. The molecule has 0 saturated heterocycles. The summed E-state index contributed by atoms with van der Waals surface area (Å²) in [5.74, 6) is -1.56. The Bertz CT molecular complexity index is 683. The number of nitrogens with zero attached hydrogens (tertiary/aromatic N) is 4. The number of aromatic nitrogens is 4. The van der Waals surface area contributed by atoms with E-state index in [-0.39, 0.29) is 0 Å². The molecule has 0 bridgehead atoms. The van der Waals surface area contributed by atoms with Crippen molar-refractivity contribution in [1.82, 2.24) is 24.4 Å². The number of imidazole rings is 2. The van der Waals surface area contributed by atoms with Gasteiger partial charge in [-0.15, -0.1) is 0 Å². The van der Waals surface area contributed by atoms with Crippen molar-refractivity contribution in [1.29, 1.82) is 0 Å². The summed E-state index contributed by atoms with van der Waals surface area (Å²) >= 11 is 0. The summed E-state index contributed by atoms with van der Waals surface area (Å²) in [6, 6.07) is -0.439. The van der Waals surface area contributed by atoms with Crippen molar-refractivity contribution in [3.8, 4) is 0 Å². The van der Waals surface area contributed by atoms with Crippen LogP contribution in [0.3, 0.4) is 0 Å². The van der Waals surface area contributed by atoms with Gasteiger partial charge in [-0.05, 0) is 6.92 Å². The van der Waals surface area contributed by atoms with Crippen molar-refractivity contribution in [3.63, 3.8) is 0 Å². The zero-order valence-electron chi connectivity index (χ0n) is 13.2. The van der Waals surface area contributed by atoms with Gasteiger partial charge in [-0.2, -0.15) is 13.2 Å². The lowest BCUT2D eigenvalue weighted by Gasteiger charge is -2.29. The molecule has 2 N–H and O–H groups in total. The average molecular weight is 345 g/mol. The highest BCUT2D eigenvalue weighted by molar-refractivity contribution is 5.77. The van der Waals surface area contributed by atoms with E-state index in [0.29, 0.717) is 6.54 Å². The van der Waals surface area contributed by atoms with E-state index < -0.39 is 36.0 Å². The third-order valence-electron chi connectivity index (χ3n) is 3.53. The summed E-state index contributed by atoms with van der Waals surface area (Å²) < 4.78 is 42.8. The maximum atomic E-state index is 13.4. The average Bonchev–Trinajstić information content (AvgIpc) is 3.08. The summed E-state index contributed by atoms with van der Waals surface area (Å²) in [6.07, 6.45) is 0.938. The number of hydrogen-bond donors (Lipinski definition) is 2. The summed E-state index contributed by atoms with van der Waals surface area (Å²) in [7, 11) is 1.32. The van der Waals surface area contributed by atoms with Crippen LogP contribution in [0.5, 0.6) is 0 Å².